The highest BCUT2D eigenvalue weighted by atomic mass is 16.1. The van der Waals surface area contributed by atoms with E-state index in [-0.39, 0.29) is 17.5 Å². The normalized spacial score (nSPS) is 19.9. The van der Waals surface area contributed by atoms with Gasteiger partial charge in [-0.3, -0.25) is 9.69 Å². The minimum atomic E-state index is -0.162. The molecule has 20 heavy (non-hydrogen) atoms. The molecule has 1 rings (SSSR count). The van der Waals surface area contributed by atoms with Gasteiger partial charge in [-0.25, -0.2) is 0 Å². The fourth-order valence-electron chi connectivity index (χ4n) is 3.06. The average Bonchev–Trinajstić information content (AvgIpc) is 2.35. The van der Waals surface area contributed by atoms with Gasteiger partial charge in [0, 0.05) is 24.5 Å². The molecule has 0 spiro atoms. The third-order valence-electron chi connectivity index (χ3n) is 4.07. The second-order valence-electron chi connectivity index (χ2n) is 7.16. The van der Waals surface area contributed by atoms with Crippen molar-refractivity contribution in [3.63, 3.8) is 0 Å². The Morgan fingerprint density at radius 1 is 1.35 bits per heavy atom. The largest absolute Gasteiger partial charge is 0.351 e. The van der Waals surface area contributed by atoms with E-state index in [1.54, 1.807) is 0 Å². The molecule has 0 radical (unpaired) electrons. The molecule has 3 N–H and O–H groups in total. The molecule has 0 bridgehead atoms. The van der Waals surface area contributed by atoms with Gasteiger partial charge in [0.2, 0.25) is 5.91 Å². The van der Waals surface area contributed by atoms with Crippen LogP contribution in [0.5, 0.6) is 0 Å². The van der Waals surface area contributed by atoms with E-state index in [1.165, 1.54) is 25.7 Å². The molecule has 1 fully saturated rings. The Bertz CT molecular complexity index is 291. The number of rotatable bonds is 6. The van der Waals surface area contributed by atoms with Crippen LogP contribution in [-0.2, 0) is 4.79 Å². The van der Waals surface area contributed by atoms with Crippen LogP contribution in [-0.4, -0.2) is 42.0 Å². The summed E-state index contributed by atoms with van der Waals surface area (Å²) >= 11 is 0. The number of hydrogen-bond donors (Lipinski definition) is 2. The van der Waals surface area contributed by atoms with Crippen molar-refractivity contribution in [2.24, 2.45) is 11.7 Å². The van der Waals surface area contributed by atoms with E-state index in [1.807, 2.05) is 20.8 Å². The van der Waals surface area contributed by atoms with Crippen molar-refractivity contribution < 1.29 is 4.79 Å². The summed E-state index contributed by atoms with van der Waals surface area (Å²) in [4.78, 5) is 14.5. The molecule has 1 aliphatic rings. The summed E-state index contributed by atoms with van der Waals surface area (Å²) in [7, 11) is 0. The Morgan fingerprint density at radius 3 is 2.40 bits per heavy atom. The predicted molar refractivity (Wildman–Crippen MR) is 84.6 cm³/mol. The van der Waals surface area contributed by atoms with E-state index >= 15 is 0 Å². The molecule has 1 saturated heterocycles. The number of nitrogens with one attached hydrogen (secondary N) is 1. The minimum Gasteiger partial charge on any atom is -0.351 e. The van der Waals surface area contributed by atoms with Gasteiger partial charge < -0.3 is 11.1 Å². The summed E-state index contributed by atoms with van der Waals surface area (Å²) in [6.45, 7) is 11.0. The maximum atomic E-state index is 12.0. The number of amides is 1. The van der Waals surface area contributed by atoms with Crippen molar-refractivity contribution in [1.82, 2.24) is 10.2 Å². The van der Waals surface area contributed by atoms with Gasteiger partial charge in [-0.15, -0.1) is 0 Å². The second-order valence-corrected chi connectivity index (χ2v) is 7.16. The number of hydrogen-bond acceptors (Lipinski definition) is 3. The lowest BCUT2D eigenvalue weighted by Crippen LogP contribution is -2.49. The van der Waals surface area contributed by atoms with E-state index in [2.05, 4.69) is 17.1 Å². The molecule has 1 atom stereocenters. The predicted octanol–water partition coefficient (Wildman–Crippen LogP) is 2.13. The Labute approximate surface area is 124 Å². The van der Waals surface area contributed by atoms with Gasteiger partial charge in [0.15, 0.2) is 0 Å². The topological polar surface area (TPSA) is 58.4 Å². The lowest BCUT2D eigenvalue weighted by molar-refractivity contribution is -0.123. The summed E-state index contributed by atoms with van der Waals surface area (Å²) in [5.74, 6) is 0.988. The van der Waals surface area contributed by atoms with Gasteiger partial charge in [-0.1, -0.05) is 19.8 Å². The van der Waals surface area contributed by atoms with Crippen molar-refractivity contribution in [3.8, 4) is 0 Å². The van der Waals surface area contributed by atoms with Crippen LogP contribution in [0.1, 0.15) is 59.8 Å². The molecule has 1 aliphatic heterocycles. The Kier molecular flexibility index (Phi) is 6.96. The lowest BCUT2D eigenvalue weighted by atomic mass is 9.91. The molecular weight excluding hydrogens is 250 g/mol. The lowest BCUT2D eigenvalue weighted by Gasteiger charge is -2.37. The molecule has 0 aromatic carbocycles. The van der Waals surface area contributed by atoms with Gasteiger partial charge in [0.25, 0.3) is 0 Å². The SMILES string of the molecule is CCCC1CCN(C(CN)CC(=O)NC(C)(C)C)CC1. The maximum absolute atomic E-state index is 12.0. The van der Waals surface area contributed by atoms with Crippen molar-refractivity contribution in [2.45, 2.75) is 71.4 Å². The van der Waals surface area contributed by atoms with Crippen LogP contribution in [0.2, 0.25) is 0 Å². The van der Waals surface area contributed by atoms with Crippen LogP contribution in [0, 0.1) is 5.92 Å². The fraction of sp³-hybridized carbons (Fsp3) is 0.938. The van der Waals surface area contributed by atoms with Crippen LogP contribution in [0.3, 0.4) is 0 Å². The molecule has 0 aliphatic carbocycles. The van der Waals surface area contributed by atoms with Gasteiger partial charge in [-0.05, 0) is 52.6 Å². The van der Waals surface area contributed by atoms with Crippen LogP contribution in [0.25, 0.3) is 0 Å². The molecule has 1 unspecified atom stereocenters. The zero-order valence-corrected chi connectivity index (χ0v) is 13.7. The van der Waals surface area contributed by atoms with Crippen LogP contribution >= 0.6 is 0 Å². The smallest absolute Gasteiger partial charge is 0.222 e. The average molecular weight is 283 g/mol. The molecule has 0 aromatic heterocycles. The maximum Gasteiger partial charge on any atom is 0.222 e. The monoisotopic (exact) mass is 283 g/mol. The first-order valence-electron chi connectivity index (χ1n) is 8.10. The van der Waals surface area contributed by atoms with Crippen molar-refractivity contribution in [2.75, 3.05) is 19.6 Å². The molecule has 0 aromatic rings. The number of nitrogens with two attached hydrogens (primary N) is 1. The highest BCUT2D eigenvalue weighted by Gasteiger charge is 2.26. The third-order valence-corrected chi connectivity index (χ3v) is 4.07. The summed E-state index contributed by atoms with van der Waals surface area (Å²) in [6.07, 6.45) is 5.65. The number of carbonyl (C=O) groups excluding carboxylic acids is 1. The van der Waals surface area contributed by atoms with E-state index < -0.39 is 0 Å². The molecule has 1 heterocycles. The third kappa shape index (κ3) is 6.23. The van der Waals surface area contributed by atoms with Crippen molar-refractivity contribution in [1.29, 1.82) is 0 Å². The zero-order valence-electron chi connectivity index (χ0n) is 13.7. The molecule has 4 heteroatoms. The molecule has 0 saturated carbocycles. The number of piperidine rings is 1. The number of carbonyl (C=O) groups is 1. The summed E-state index contributed by atoms with van der Waals surface area (Å²) < 4.78 is 0. The van der Waals surface area contributed by atoms with Crippen molar-refractivity contribution >= 4 is 5.91 Å². The second kappa shape index (κ2) is 7.99. The van der Waals surface area contributed by atoms with Gasteiger partial charge >= 0.3 is 0 Å². The number of likely N-dealkylation sites (tertiary alicyclic amines) is 1. The number of nitrogens with zero attached hydrogens (tertiary/aromatic N) is 1. The van der Waals surface area contributed by atoms with E-state index in [4.69, 9.17) is 5.73 Å². The highest BCUT2D eigenvalue weighted by molar-refractivity contribution is 5.77. The van der Waals surface area contributed by atoms with Gasteiger partial charge in [0.05, 0.1) is 0 Å². The standard InChI is InChI=1S/C16H33N3O/c1-5-6-13-7-9-19(10-8-13)14(12-17)11-15(20)18-16(2,3)4/h13-14H,5-12,17H2,1-4H3,(H,18,20). The van der Waals surface area contributed by atoms with E-state index in [0.717, 1.165) is 19.0 Å². The van der Waals surface area contributed by atoms with Crippen LogP contribution < -0.4 is 11.1 Å². The highest BCUT2D eigenvalue weighted by Crippen LogP contribution is 2.23. The molecule has 1 amide bonds. The summed E-state index contributed by atoms with van der Waals surface area (Å²) in [5, 5.41) is 3.03. The Hall–Kier alpha value is -0.610. The first-order chi connectivity index (χ1) is 9.35. The first kappa shape index (κ1) is 17.4. The van der Waals surface area contributed by atoms with Crippen LogP contribution in [0.15, 0.2) is 0 Å². The Balaban J connectivity index is 2.41. The van der Waals surface area contributed by atoms with Crippen LogP contribution in [0.4, 0.5) is 0 Å². The van der Waals surface area contributed by atoms with Gasteiger partial charge in [0.1, 0.15) is 0 Å². The minimum absolute atomic E-state index is 0.114. The van der Waals surface area contributed by atoms with E-state index in [0.29, 0.717) is 13.0 Å². The fourth-order valence-corrected chi connectivity index (χ4v) is 3.06. The first-order valence-corrected chi connectivity index (χ1v) is 8.10. The Morgan fingerprint density at radius 2 is 1.95 bits per heavy atom. The molecule has 4 nitrogen and oxygen atoms in total. The van der Waals surface area contributed by atoms with Gasteiger partial charge in [-0.2, -0.15) is 0 Å². The van der Waals surface area contributed by atoms with Crippen molar-refractivity contribution in [3.05, 3.63) is 0 Å². The molecular formula is C16H33N3O. The summed E-state index contributed by atoms with van der Waals surface area (Å²) in [6, 6.07) is 0.194. The van der Waals surface area contributed by atoms with E-state index in [9.17, 15) is 4.79 Å². The molecule has 118 valence electrons. The summed E-state index contributed by atoms with van der Waals surface area (Å²) in [5.41, 5.74) is 5.72. The zero-order chi connectivity index (χ0) is 15.2. The quantitative estimate of drug-likeness (QED) is 0.785.